The summed E-state index contributed by atoms with van der Waals surface area (Å²) in [4.78, 5) is 9.06. The highest BCUT2D eigenvalue weighted by atomic mass is 31.2. The van der Waals surface area contributed by atoms with E-state index in [2.05, 4.69) is 9.55 Å². The van der Waals surface area contributed by atoms with Gasteiger partial charge >= 0.3 is 0 Å². The first-order valence-corrected chi connectivity index (χ1v) is 11.2. The van der Waals surface area contributed by atoms with Gasteiger partial charge in [-0.25, -0.2) is 4.98 Å². The SMILES string of the molecule is O=P1(c2ccccc2)c2ccccc2-n2c(-c3ccncc3)nc3cccc1c32. The molecular weight excluding hydrogens is 377 g/mol. The summed E-state index contributed by atoms with van der Waals surface area (Å²) < 4.78 is 16.9. The minimum Gasteiger partial charge on any atom is -0.308 e. The normalized spacial score (nSPS) is 17.2. The minimum atomic E-state index is -3.02. The van der Waals surface area contributed by atoms with E-state index in [1.165, 1.54) is 0 Å². The number of fused-ring (bicyclic) bond motifs is 2. The van der Waals surface area contributed by atoms with Gasteiger partial charge in [-0.1, -0.05) is 48.5 Å². The summed E-state index contributed by atoms with van der Waals surface area (Å²) >= 11 is 0. The average Bonchev–Trinajstić information content (AvgIpc) is 3.19. The molecule has 0 spiro atoms. The number of aromatic nitrogens is 3. The van der Waals surface area contributed by atoms with E-state index in [4.69, 9.17) is 4.98 Å². The Labute approximate surface area is 167 Å². The molecule has 0 aliphatic carbocycles. The number of pyridine rings is 1. The van der Waals surface area contributed by atoms with Crippen LogP contribution in [0.1, 0.15) is 0 Å². The maximum absolute atomic E-state index is 14.8. The molecule has 0 N–H and O–H groups in total. The number of benzene rings is 3. The highest BCUT2D eigenvalue weighted by molar-refractivity contribution is 7.86. The van der Waals surface area contributed by atoms with Crippen LogP contribution in [0.2, 0.25) is 0 Å². The van der Waals surface area contributed by atoms with Crippen LogP contribution in [0, 0.1) is 0 Å². The second-order valence-corrected chi connectivity index (χ2v) is 9.78. The Morgan fingerprint density at radius 2 is 1.45 bits per heavy atom. The Bertz CT molecular complexity index is 1430. The predicted octanol–water partition coefficient (Wildman–Crippen LogP) is 4.04. The Kier molecular flexibility index (Phi) is 3.41. The molecule has 0 fully saturated rings. The van der Waals surface area contributed by atoms with Crippen LogP contribution in [-0.2, 0) is 4.57 Å². The number of rotatable bonds is 2. The Hall–Kier alpha value is -3.49. The lowest BCUT2D eigenvalue weighted by Crippen LogP contribution is -2.32. The lowest BCUT2D eigenvalue weighted by Gasteiger charge is -2.29. The number of para-hydroxylation sites is 2. The summed E-state index contributed by atoms with van der Waals surface area (Å²) in [5, 5.41) is 2.53. The van der Waals surface area contributed by atoms with Crippen molar-refractivity contribution in [1.29, 1.82) is 0 Å². The zero-order chi connectivity index (χ0) is 19.4. The van der Waals surface area contributed by atoms with Crippen molar-refractivity contribution in [2.24, 2.45) is 0 Å². The van der Waals surface area contributed by atoms with Crippen molar-refractivity contribution in [2.75, 3.05) is 0 Å². The number of hydrogen-bond acceptors (Lipinski definition) is 3. The zero-order valence-corrected chi connectivity index (χ0v) is 16.3. The molecule has 4 nitrogen and oxygen atoms in total. The van der Waals surface area contributed by atoms with E-state index in [0.29, 0.717) is 0 Å². The first kappa shape index (κ1) is 16.5. The molecule has 6 rings (SSSR count). The molecule has 0 amide bonds. The van der Waals surface area contributed by atoms with Gasteiger partial charge in [0.15, 0.2) is 7.14 Å². The van der Waals surface area contributed by atoms with E-state index in [-0.39, 0.29) is 0 Å². The summed E-state index contributed by atoms with van der Waals surface area (Å²) in [5.74, 6) is 0.835. The van der Waals surface area contributed by atoms with Gasteiger partial charge in [-0.2, -0.15) is 0 Å². The van der Waals surface area contributed by atoms with Crippen LogP contribution < -0.4 is 15.9 Å². The van der Waals surface area contributed by atoms with Crippen LogP contribution in [0.5, 0.6) is 0 Å². The molecule has 0 saturated heterocycles. The first-order valence-electron chi connectivity index (χ1n) is 9.46. The quantitative estimate of drug-likeness (QED) is 0.417. The molecule has 0 bridgehead atoms. The van der Waals surface area contributed by atoms with Crippen LogP contribution in [0.15, 0.2) is 97.3 Å². The monoisotopic (exact) mass is 393 g/mol. The molecular formula is C24H16N3OP. The maximum Gasteiger partial charge on any atom is 0.175 e. The molecule has 1 aliphatic heterocycles. The Morgan fingerprint density at radius 3 is 2.28 bits per heavy atom. The van der Waals surface area contributed by atoms with Gasteiger partial charge in [-0.15, -0.1) is 0 Å². The van der Waals surface area contributed by atoms with Gasteiger partial charge < -0.3 is 4.57 Å². The molecule has 1 unspecified atom stereocenters. The van der Waals surface area contributed by atoms with Gasteiger partial charge in [0, 0.05) is 33.9 Å². The molecule has 5 heteroatoms. The van der Waals surface area contributed by atoms with Crippen molar-refractivity contribution >= 4 is 34.1 Å². The average molecular weight is 393 g/mol. The second-order valence-electron chi connectivity index (χ2n) is 7.09. The molecule has 0 saturated carbocycles. The van der Waals surface area contributed by atoms with Gasteiger partial charge in [0.05, 0.1) is 16.7 Å². The van der Waals surface area contributed by atoms with Crippen LogP contribution in [0.4, 0.5) is 0 Å². The lowest BCUT2D eigenvalue weighted by atomic mass is 10.2. The van der Waals surface area contributed by atoms with Gasteiger partial charge in [0.25, 0.3) is 0 Å². The van der Waals surface area contributed by atoms with E-state index >= 15 is 0 Å². The zero-order valence-electron chi connectivity index (χ0n) is 15.4. The number of imidazole rings is 1. The lowest BCUT2D eigenvalue weighted by molar-refractivity contribution is 0.592. The van der Waals surface area contributed by atoms with Crippen molar-refractivity contribution in [2.45, 2.75) is 0 Å². The number of nitrogens with zero attached hydrogens (tertiary/aromatic N) is 3. The van der Waals surface area contributed by atoms with E-state index in [9.17, 15) is 4.57 Å². The largest absolute Gasteiger partial charge is 0.308 e. The third-order valence-electron chi connectivity index (χ3n) is 5.51. The third-order valence-corrected chi connectivity index (χ3v) is 8.64. The van der Waals surface area contributed by atoms with E-state index < -0.39 is 7.14 Å². The molecule has 2 aromatic heterocycles. The smallest absolute Gasteiger partial charge is 0.175 e. The van der Waals surface area contributed by atoms with Gasteiger partial charge in [0.2, 0.25) is 0 Å². The van der Waals surface area contributed by atoms with Gasteiger partial charge in [0.1, 0.15) is 5.82 Å². The molecule has 0 radical (unpaired) electrons. The molecule has 3 heterocycles. The van der Waals surface area contributed by atoms with E-state index in [0.717, 1.165) is 44.0 Å². The van der Waals surface area contributed by atoms with Crippen molar-refractivity contribution in [3.63, 3.8) is 0 Å². The molecule has 138 valence electrons. The summed E-state index contributed by atoms with van der Waals surface area (Å²) in [5.41, 5.74) is 3.67. The molecule has 1 aliphatic rings. The van der Waals surface area contributed by atoms with E-state index in [1.54, 1.807) is 12.4 Å². The third kappa shape index (κ3) is 2.18. The van der Waals surface area contributed by atoms with Crippen LogP contribution in [-0.4, -0.2) is 14.5 Å². The van der Waals surface area contributed by atoms with Crippen molar-refractivity contribution in [3.8, 4) is 17.1 Å². The fourth-order valence-corrected chi connectivity index (χ4v) is 7.27. The topological polar surface area (TPSA) is 47.8 Å². The fourth-order valence-electron chi connectivity index (χ4n) is 4.26. The predicted molar refractivity (Wildman–Crippen MR) is 117 cm³/mol. The van der Waals surface area contributed by atoms with Crippen LogP contribution in [0.25, 0.3) is 28.1 Å². The number of hydrogen-bond donors (Lipinski definition) is 0. The van der Waals surface area contributed by atoms with Crippen LogP contribution in [0.3, 0.4) is 0 Å². The summed E-state index contributed by atoms with van der Waals surface area (Å²) in [6, 6.07) is 27.6. The second kappa shape index (κ2) is 6.00. The molecule has 5 aromatic rings. The fraction of sp³-hybridized carbons (Fsp3) is 0. The van der Waals surface area contributed by atoms with Crippen molar-refractivity contribution < 1.29 is 4.57 Å². The highest BCUT2D eigenvalue weighted by Gasteiger charge is 2.39. The Morgan fingerprint density at radius 1 is 0.724 bits per heavy atom. The maximum atomic E-state index is 14.8. The molecule has 3 aromatic carbocycles. The van der Waals surface area contributed by atoms with Gasteiger partial charge in [-0.05, 0) is 36.4 Å². The highest BCUT2D eigenvalue weighted by Crippen LogP contribution is 2.49. The Balaban J connectivity index is 1.81. The summed E-state index contributed by atoms with van der Waals surface area (Å²) in [7, 11) is -3.02. The first-order chi connectivity index (χ1) is 14.3. The van der Waals surface area contributed by atoms with Crippen LogP contribution >= 0.6 is 7.14 Å². The van der Waals surface area contributed by atoms with Crippen molar-refractivity contribution in [3.05, 3.63) is 97.3 Å². The standard InChI is InChI=1S/C24H16N3OP/c28-29(18-7-2-1-3-8-18)21-11-5-4-10-20(21)27-23-19(9-6-12-22(23)29)26-24(27)17-13-15-25-16-14-17/h1-16H. The van der Waals surface area contributed by atoms with Gasteiger partial charge in [-0.3, -0.25) is 9.55 Å². The summed E-state index contributed by atoms with van der Waals surface area (Å²) in [6.45, 7) is 0. The molecule has 1 atom stereocenters. The van der Waals surface area contributed by atoms with E-state index in [1.807, 2.05) is 84.9 Å². The summed E-state index contributed by atoms with van der Waals surface area (Å²) in [6.07, 6.45) is 3.54. The molecule has 29 heavy (non-hydrogen) atoms. The van der Waals surface area contributed by atoms with Crippen molar-refractivity contribution in [1.82, 2.24) is 14.5 Å². The minimum absolute atomic E-state index is 0.835.